The van der Waals surface area contributed by atoms with Crippen molar-refractivity contribution < 1.29 is 37.0 Å². The smallest absolute Gasteiger partial charge is 0.407 e. The number of ether oxygens (including phenoxy) is 1. The molecule has 0 spiro atoms. The fraction of sp³-hybridized carbons (Fsp3) is 0.333. The second-order valence-electron chi connectivity index (χ2n) is 6.96. The number of carbonyl (C=O) groups is 2. The molecule has 0 fully saturated rings. The van der Waals surface area contributed by atoms with E-state index in [1.165, 1.54) is 0 Å². The Kier molecular flexibility index (Phi) is 6.28. The minimum Gasteiger partial charge on any atom is -0.480 e. The van der Waals surface area contributed by atoms with Gasteiger partial charge in [0.15, 0.2) is 0 Å². The molecule has 5 nitrogen and oxygen atoms in total. The normalized spacial score (nSPS) is 14.2. The molecule has 30 heavy (non-hydrogen) atoms. The lowest BCUT2D eigenvalue weighted by Gasteiger charge is -2.20. The fourth-order valence-corrected chi connectivity index (χ4v) is 3.49. The fourth-order valence-electron chi connectivity index (χ4n) is 3.49. The molecule has 2 aromatic carbocycles. The van der Waals surface area contributed by atoms with Gasteiger partial charge in [-0.05, 0) is 28.7 Å². The molecule has 1 aliphatic rings. The van der Waals surface area contributed by atoms with Gasteiger partial charge in [-0.1, -0.05) is 48.5 Å². The molecule has 3 rings (SSSR count). The molecule has 2 N–H and O–H groups in total. The number of alkyl halides is 4. The summed E-state index contributed by atoms with van der Waals surface area (Å²) < 4.78 is 55.8. The molecule has 0 aliphatic heterocycles. The lowest BCUT2D eigenvalue weighted by Crippen LogP contribution is -2.43. The Bertz CT molecular complexity index is 889. The number of carboxylic acid groups (broad SMARTS) is 1. The monoisotopic (exact) mass is 425 g/mol. The van der Waals surface area contributed by atoms with E-state index in [2.05, 4.69) is 0 Å². The molecule has 0 aromatic heterocycles. The van der Waals surface area contributed by atoms with Crippen LogP contribution in [0.15, 0.2) is 48.5 Å². The molecule has 160 valence electrons. The number of carboxylic acids is 1. The van der Waals surface area contributed by atoms with Crippen LogP contribution in [0, 0.1) is 0 Å². The first-order chi connectivity index (χ1) is 14.2. The number of amides is 1. The zero-order valence-electron chi connectivity index (χ0n) is 15.7. The highest BCUT2D eigenvalue weighted by atomic mass is 19.3. The number of rotatable bonds is 8. The molecule has 0 saturated carbocycles. The van der Waals surface area contributed by atoms with Crippen LogP contribution in [-0.2, 0) is 9.53 Å². The molecule has 9 heteroatoms. The van der Waals surface area contributed by atoms with Crippen LogP contribution < -0.4 is 5.32 Å². The molecule has 0 saturated heterocycles. The Morgan fingerprint density at radius 1 is 1.03 bits per heavy atom. The van der Waals surface area contributed by atoms with Gasteiger partial charge in [-0.3, -0.25) is 0 Å². The van der Waals surface area contributed by atoms with Gasteiger partial charge >= 0.3 is 24.4 Å². The maximum Gasteiger partial charge on any atom is 0.407 e. The van der Waals surface area contributed by atoms with E-state index in [0.29, 0.717) is 0 Å². The summed E-state index contributed by atoms with van der Waals surface area (Å²) in [6.45, 7) is -0.0978. The van der Waals surface area contributed by atoms with E-state index < -0.39 is 43.3 Å². The molecular formula is C21H19F4NO4. The second-order valence-corrected chi connectivity index (χ2v) is 6.96. The van der Waals surface area contributed by atoms with Crippen LogP contribution in [0.4, 0.5) is 22.4 Å². The standard InChI is InChI=1S/C21H19F4NO4/c22-19(23)21(24,25)10-9-17(18(27)28)26-20(29)30-11-16-14-7-3-1-5-12(14)13-6-2-4-8-15(13)16/h1-8,16-17,19H,9-11H2,(H,26,29)(H,27,28)/t17-/m0/s1. The Hall–Kier alpha value is -3.10. The van der Waals surface area contributed by atoms with Crippen LogP contribution in [0.1, 0.15) is 29.9 Å². The Balaban J connectivity index is 1.63. The number of alkyl carbamates (subject to hydrolysis) is 1. The molecule has 0 bridgehead atoms. The molecular weight excluding hydrogens is 406 g/mol. The van der Waals surface area contributed by atoms with E-state index in [1.54, 1.807) is 0 Å². The van der Waals surface area contributed by atoms with Crippen molar-refractivity contribution in [2.24, 2.45) is 0 Å². The molecule has 1 atom stereocenters. The van der Waals surface area contributed by atoms with Crippen molar-refractivity contribution >= 4 is 12.1 Å². The summed E-state index contributed by atoms with van der Waals surface area (Å²) in [5, 5.41) is 11.1. The van der Waals surface area contributed by atoms with Gasteiger partial charge in [-0.25, -0.2) is 27.2 Å². The largest absolute Gasteiger partial charge is 0.480 e. The highest BCUT2D eigenvalue weighted by molar-refractivity contribution is 5.81. The third-order valence-corrected chi connectivity index (χ3v) is 5.02. The molecule has 2 aromatic rings. The quantitative estimate of drug-likeness (QED) is 0.604. The molecule has 0 unspecified atom stereocenters. The van der Waals surface area contributed by atoms with Gasteiger partial charge in [0.2, 0.25) is 0 Å². The van der Waals surface area contributed by atoms with Gasteiger partial charge in [-0.15, -0.1) is 0 Å². The summed E-state index contributed by atoms with van der Waals surface area (Å²) in [6.07, 6.45) is -7.28. The van der Waals surface area contributed by atoms with E-state index in [1.807, 2.05) is 53.8 Å². The van der Waals surface area contributed by atoms with Crippen LogP contribution in [0.25, 0.3) is 11.1 Å². The lowest BCUT2D eigenvalue weighted by molar-refractivity contribution is -0.145. The first kappa shape index (κ1) is 21.6. The number of hydrogen-bond donors (Lipinski definition) is 2. The SMILES string of the molecule is O=C(N[C@@H](CCC(F)(F)C(F)F)C(=O)O)OCC1c2ccccc2-c2ccccc21. The van der Waals surface area contributed by atoms with Gasteiger partial charge in [0, 0.05) is 12.3 Å². The summed E-state index contributed by atoms with van der Waals surface area (Å²) in [5.74, 6) is -6.22. The molecule has 1 amide bonds. The average Bonchev–Trinajstić information content (AvgIpc) is 3.03. The van der Waals surface area contributed by atoms with Gasteiger partial charge in [-0.2, -0.15) is 0 Å². The van der Waals surface area contributed by atoms with Gasteiger partial charge < -0.3 is 15.2 Å². The average molecular weight is 425 g/mol. The Labute approximate surface area is 169 Å². The molecule has 1 aliphatic carbocycles. The van der Waals surface area contributed by atoms with Crippen molar-refractivity contribution in [2.45, 2.75) is 37.1 Å². The third kappa shape index (κ3) is 4.55. The van der Waals surface area contributed by atoms with Crippen molar-refractivity contribution in [2.75, 3.05) is 6.61 Å². The number of benzene rings is 2. The van der Waals surface area contributed by atoms with Crippen LogP contribution in [0.5, 0.6) is 0 Å². The van der Waals surface area contributed by atoms with E-state index in [-0.39, 0.29) is 12.5 Å². The maximum atomic E-state index is 13.1. The van der Waals surface area contributed by atoms with Gasteiger partial charge in [0.1, 0.15) is 12.6 Å². The highest BCUT2D eigenvalue weighted by Crippen LogP contribution is 2.44. The number of halogens is 4. The van der Waals surface area contributed by atoms with Crippen molar-refractivity contribution in [1.82, 2.24) is 5.32 Å². The number of nitrogens with one attached hydrogen (secondary N) is 1. The second kappa shape index (κ2) is 8.73. The maximum absolute atomic E-state index is 13.1. The number of carbonyl (C=O) groups excluding carboxylic acids is 1. The number of fused-ring (bicyclic) bond motifs is 3. The third-order valence-electron chi connectivity index (χ3n) is 5.02. The van der Waals surface area contributed by atoms with Crippen LogP contribution in [0.3, 0.4) is 0 Å². The molecule has 0 radical (unpaired) electrons. The zero-order valence-corrected chi connectivity index (χ0v) is 15.7. The van der Waals surface area contributed by atoms with Gasteiger partial charge in [0.05, 0.1) is 0 Å². The van der Waals surface area contributed by atoms with Crippen molar-refractivity contribution in [3.8, 4) is 11.1 Å². The van der Waals surface area contributed by atoms with Crippen LogP contribution >= 0.6 is 0 Å². The lowest BCUT2D eigenvalue weighted by atomic mass is 9.98. The molecule has 0 heterocycles. The van der Waals surface area contributed by atoms with E-state index in [9.17, 15) is 27.2 Å². The summed E-state index contributed by atoms with van der Waals surface area (Å²) in [6, 6.07) is 13.4. The highest BCUT2D eigenvalue weighted by Gasteiger charge is 2.41. The number of aliphatic carboxylic acids is 1. The van der Waals surface area contributed by atoms with Crippen LogP contribution in [0.2, 0.25) is 0 Å². The predicted octanol–water partition coefficient (Wildman–Crippen LogP) is 4.66. The van der Waals surface area contributed by atoms with E-state index in [0.717, 1.165) is 22.3 Å². The van der Waals surface area contributed by atoms with Crippen molar-refractivity contribution in [1.29, 1.82) is 0 Å². The van der Waals surface area contributed by atoms with Crippen LogP contribution in [-0.4, -0.2) is 42.2 Å². The summed E-state index contributed by atoms with van der Waals surface area (Å²) in [5.41, 5.74) is 3.88. The van der Waals surface area contributed by atoms with E-state index >= 15 is 0 Å². The van der Waals surface area contributed by atoms with Crippen molar-refractivity contribution in [3.63, 3.8) is 0 Å². The van der Waals surface area contributed by atoms with E-state index in [4.69, 9.17) is 9.84 Å². The Morgan fingerprint density at radius 2 is 1.57 bits per heavy atom. The zero-order chi connectivity index (χ0) is 21.9. The minimum atomic E-state index is -4.34. The summed E-state index contributed by atoms with van der Waals surface area (Å²) in [7, 11) is 0. The topological polar surface area (TPSA) is 75.6 Å². The summed E-state index contributed by atoms with van der Waals surface area (Å²) >= 11 is 0. The minimum absolute atomic E-state index is 0.0978. The van der Waals surface area contributed by atoms with Crippen molar-refractivity contribution in [3.05, 3.63) is 59.7 Å². The summed E-state index contributed by atoms with van der Waals surface area (Å²) in [4.78, 5) is 23.3. The first-order valence-electron chi connectivity index (χ1n) is 9.21. The Morgan fingerprint density at radius 3 is 2.07 bits per heavy atom. The number of hydrogen-bond acceptors (Lipinski definition) is 3. The van der Waals surface area contributed by atoms with Gasteiger partial charge in [0.25, 0.3) is 0 Å². The predicted molar refractivity (Wildman–Crippen MR) is 99.8 cm³/mol. The first-order valence-corrected chi connectivity index (χ1v) is 9.21.